The molecule has 0 fully saturated rings. The number of nitrogens with zero attached hydrogens (tertiary/aromatic N) is 3. The molecule has 3 aromatic rings. The Morgan fingerprint density at radius 2 is 1.81 bits per heavy atom. The SMILES string of the molecule is Oc1ccccc1/C=N\n1c(-c2ccccc2)n[nH]c1=S. The van der Waals surface area contributed by atoms with E-state index in [-0.39, 0.29) is 5.75 Å². The molecule has 0 aliphatic rings. The molecular weight excluding hydrogens is 284 g/mol. The Bertz CT molecular complexity index is 836. The lowest BCUT2D eigenvalue weighted by Gasteiger charge is -2.01. The average Bonchev–Trinajstić information content (AvgIpc) is 2.88. The summed E-state index contributed by atoms with van der Waals surface area (Å²) in [5, 5.41) is 21.0. The Balaban J connectivity index is 2.02. The number of hydrogen-bond acceptors (Lipinski definition) is 4. The van der Waals surface area contributed by atoms with E-state index in [2.05, 4.69) is 15.3 Å². The number of aromatic hydroxyl groups is 1. The summed E-state index contributed by atoms with van der Waals surface area (Å²) in [5.41, 5.74) is 1.51. The monoisotopic (exact) mass is 296 g/mol. The second-order valence-corrected chi connectivity index (χ2v) is 4.72. The van der Waals surface area contributed by atoms with E-state index in [1.165, 1.54) is 4.68 Å². The van der Waals surface area contributed by atoms with Gasteiger partial charge < -0.3 is 5.11 Å². The van der Waals surface area contributed by atoms with E-state index in [0.717, 1.165) is 5.56 Å². The van der Waals surface area contributed by atoms with E-state index in [4.69, 9.17) is 12.2 Å². The fourth-order valence-corrected chi connectivity index (χ4v) is 2.07. The summed E-state index contributed by atoms with van der Waals surface area (Å²) in [6.07, 6.45) is 1.55. The summed E-state index contributed by atoms with van der Waals surface area (Å²) >= 11 is 5.19. The number of hydrogen-bond donors (Lipinski definition) is 2. The minimum Gasteiger partial charge on any atom is -0.507 e. The first-order valence-electron chi connectivity index (χ1n) is 6.31. The van der Waals surface area contributed by atoms with Crippen molar-refractivity contribution in [2.24, 2.45) is 5.10 Å². The van der Waals surface area contributed by atoms with Crippen LogP contribution in [0, 0.1) is 4.77 Å². The van der Waals surface area contributed by atoms with Gasteiger partial charge in [-0.15, -0.1) is 0 Å². The molecule has 3 rings (SSSR count). The predicted octanol–water partition coefficient (Wildman–Crippen LogP) is 3.20. The second kappa shape index (κ2) is 5.72. The summed E-state index contributed by atoms with van der Waals surface area (Å²) in [4.78, 5) is 0. The summed E-state index contributed by atoms with van der Waals surface area (Å²) < 4.78 is 1.91. The third-order valence-corrected chi connectivity index (χ3v) is 3.20. The van der Waals surface area contributed by atoms with Crippen LogP contribution < -0.4 is 0 Å². The zero-order valence-electron chi connectivity index (χ0n) is 11.0. The van der Waals surface area contributed by atoms with Gasteiger partial charge in [-0.2, -0.15) is 14.9 Å². The van der Waals surface area contributed by atoms with Crippen molar-refractivity contribution in [1.82, 2.24) is 14.9 Å². The molecule has 21 heavy (non-hydrogen) atoms. The first-order chi connectivity index (χ1) is 10.3. The topological polar surface area (TPSA) is 66.2 Å². The second-order valence-electron chi connectivity index (χ2n) is 4.33. The quantitative estimate of drug-likeness (QED) is 0.576. The molecule has 2 N–H and O–H groups in total. The van der Waals surface area contributed by atoms with Crippen LogP contribution in [0.3, 0.4) is 0 Å². The molecule has 0 spiro atoms. The Kier molecular flexibility index (Phi) is 3.61. The third kappa shape index (κ3) is 2.75. The molecule has 0 unspecified atom stereocenters. The van der Waals surface area contributed by atoms with Crippen molar-refractivity contribution in [1.29, 1.82) is 0 Å². The van der Waals surface area contributed by atoms with Crippen LogP contribution in [0.2, 0.25) is 0 Å². The fraction of sp³-hybridized carbons (Fsp3) is 0. The molecule has 1 heterocycles. The highest BCUT2D eigenvalue weighted by Crippen LogP contribution is 2.17. The molecule has 6 heteroatoms. The minimum atomic E-state index is 0.164. The summed E-state index contributed by atoms with van der Waals surface area (Å²) in [5.74, 6) is 0.782. The molecule has 2 aromatic carbocycles. The molecule has 0 saturated carbocycles. The molecule has 0 atom stereocenters. The van der Waals surface area contributed by atoms with E-state index in [1.54, 1.807) is 24.4 Å². The molecule has 0 aliphatic carbocycles. The van der Waals surface area contributed by atoms with Crippen molar-refractivity contribution < 1.29 is 5.11 Å². The number of phenolic OH excluding ortho intramolecular Hbond substituents is 1. The van der Waals surface area contributed by atoms with Crippen LogP contribution in [0.4, 0.5) is 0 Å². The molecule has 0 radical (unpaired) electrons. The summed E-state index contributed by atoms with van der Waals surface area (Å²) in [6, 6.07) is 16.6. The normalized spacial score (nSPS) is 11.0. The largest absolute Gasteiger partial charge is 0.507 e. The number of para-hydroxylation sites is 1. The average molecular weight is 296 g/mol. The summed E-state index contributed by atoms with van der Waals surface area (Å²) in [7, 11) is 0. The molecule has 0 bridgehead atoms. The van der Waals surface area contributed by atoms with E-state index in [0.29, 0.717) is 16.2 Å². The Labute approximate surface area is 126 Å². The first-order valence-corrected chi connectivity index (χ1v) is 6.72. The maximum Gasteiger partial charge on any atom is 0.216 e. The van der Waals surface area contributed by atoms with Crippen LogP contribution in [0.25, 0.3) is 11.4 Å². The van der Waals surface area contributed by atoms with Crippen molar-refractivity contribution in [2.45, 2.75) is 0 Å². The summed E-state index contributed by atoms with van der Waals surface area (Å²) in [6.45, 7) is 0. The number of nitrogens with one attached hydrogen (secondary N) is 1. The molecule has 0 aliphatic heterocycles. The van der Waals surface area contributed by atoms with Gasteiger partial charge in [0.1, 0.15) is 5.75 Å². The maximum atomic E-state index is 9.74. The van der Waals surface area contributed by atoms with Crippen LogP contribution in [0.1, 0.15) is 5.56 Å². The van der Waals surface area contributed by atoms with Gasteiger partial charge in [0.15, 0.2) is 5.82 Å². The van der Waals surface area contributed by atoms with Crippen molar-refractivity contribution in [3.05, 3.63) is 64.9 Å². The number of phenols is 1. The predicted molar refractivity (Wildman–Crippen MR) is 83.9 cm³/mol. The zero-order chi connectivity index (χ0) is 14.7. The number of aromatic amines is 1. The maximum absolute atomic E-state index is 9.74. The molecule has 0 saturated heterocycles. The van der Waals surface area contributed by atoms with Crippen LogP contribution >= 0.6 is 12.2 Å². The lowest BCUT2D eigenvalue weighted by molar-refractivity contribution is 0.474. The molecule has 1 aromatic heterocycles. The number of aromatic nitrogens is 3. The Morgan fingerprint density at radius 3 is 2.57 bits per heavy atom. The Morgan fingerprint density at radius 1 is 1.10 bits per heavy atom. The van der Waals surface area contributed by atoms with Crippen molar-refractivity contribution in [2.75, 3.05) is 0 Å². The first kappa shape index (κ1) is 13.3. The standard InChI is InChI=1S/C15H12N4OS/c20-13-9-5-4-8-12(13)10-16-19-14(17-18-15(19)21)11-6-2-1-3-7-11/h1-10,20H,(H,18,21)/b16-10-. The van der Waals surface area contributed by atoms with E-state index in [1.807, 2.05) is 36.4 Å². The number of H-pyrrole nitrogens is 1. The van der Waals surface area contributed by atoms with E-state index < -0.39 is 0 Å². The molecule has 104 valence electrons. The number of rotatable bonds is 3. The van der Waals surface area contributed by atoms with Crippen molar-refractivity contribution in [3.63, 3.8) is 0 Å². The smallest absolute Gasteiger partial charge is 0.216 e. The van der Waals surface area contributed by atoms with Crippen LogP contribution in [0.5, 0.6) is 5.75 Å². The van der Waals surface area contributed by atoms with Crippen LogP contribution in [-0.2, 0) is 0 Å². The van der Waals surface area contributed by atoms with E-state index in [9.17, 15) is 5.11 Å². The van der Waals surface area contributed by atoms with Gasteiger partial charge in [-0.05, 0) is 24.4 Å². The highest BCUT2D eigenvalue weighted by Gasteiger charge is 2.07. The van der Waals surface area contributed by atoms with Gasteiger partial charge in [0.25, 0.3) is 0 Å². The van der Waals surface area contributed by atoms with Gasteiger partial charge in [0.05, 0.1) is 6.21 Å². The van der Waals surface area contributed by atoms with Crippen molar-refractivity contribution >= 4 is 18.4 Å². The minimum absolute atomic E-state index is 0.164. The van der Waals surface area contributed by atoms with Gasteiger partial charge in [-0.1, -0.05) is 42.5 Å². The van der Waals surface area contributed by atoms with Gasteiger partial charge in [0.2, 0.25) is 4.77 Å². The molecule has 0 amide bonds. The van der Waals surface area contributed by atoms with Crippen LogP contribution in [-0.4, -0.2) is 26.2 Å². The highest BCUT2D eigenvalue weighted by atomic mass is 32.1. The third-order valence-electron chi connectivity index (χ3n) is 2.93. The number of benzene rings is 2. The Hall–Kier alpha value is -2.73. The zero-order valence-corrected chi connectivity index (χ0v) is 11.8. The van der Waals surface area contributed by atoms with E-state index >= 15 is 0 Å². The molecular formula is C15H12N4OS. The lowest BCUT2D eigenvalue weighted by atomic mass is 10.2. The highest BCUT2D eigenvalue weighted by molar-refractivity contribution is 7.71. The lowest BCUT2D eigenvalue weighted by Crippen LogP contribution is -1.95. The van der Waals surface area contributed by atoms with Crippen LogP contribution in [0.15, 0.2) is 59.7 Å². The molecule has 5 nitrogen and oxygen atoms in total. The van der Waals surface area contributed by atoms with Gasteiger partial charge in [-0.3, -0.25) is 0 Å². The van der Waals surface area contributed by atoms with Gasteiger partial charge in [-0.25, -0.2) is 5.10 Å². The fourth-order valence-electron chi connectivity index (χ4n) is 1.89. The van der Waals surface area contributed by atoms with Gasteiger partial charge >= 0.3 is 0 Å². The van der Waals surface area contributed by atoms with Crippen molar-refractivity contribution in [3.8, 4) is 17.1 Å². The van der Waals surface area contributed by atoms with Gasteiger partial charge in [0, 0.05) is 11.1 Å².